The second kappa shape index (κ2) is 13.9. The average molecular weight is 491 g/mol. The van der Waals surface area contributed by atoms with E-state index in [0.29, 0.717) is 11.8 Å². The molecular formula is C33H46O3. The summed E-state index contributed by atoms with van der Waals surface area (Å²) >= 11 is 0. The number of aryl methyl sites for hydroxylation is 2. The maximum absolute atomic E-state index is 12.5. The van der Waals surface area contributed by atoms with Crippen LogP contribution in [0.3, 0.4) is 0 Å². The van der Waals surface area contributed by atoms with E-state index in [1.54, 1.807) is 0 Å². The Balaban J connectivity index is 1.14. The molecule has 0 amide bonds. The molecule has 0 unspecified atom stereocenters. The van der Waals surface area contributed by atoms with Gasteiger partial charge in [-0.3, -0.25) is 0 Å². The largest absolute Gasteiger partial charge is 0.508 e. The fourth-order valence-corrected chi connectivity index (χ4v) is 6.00. The highest BCUT2D eigenvalue weighted by Gasteiger charge is 2.29. The molecule has 0 spiro atoms. The summed E-state index contributed by atoms with van der Waals surface area (Å²) in [6.45, 7) is 4.48. The van der Waals surface area contributed by atoms with Crippen molar-refractivity contribution in [1.29, 1.82) is 0 Å². The molecule has 0 heterocycles. The van der Waals surface area contributed by atoms with Crippen LogP contribution in [0.1, 0.15) is 125 Å². The Hall–Kier alpha value is -2.29. The molecule has 2 saturated carbocycles. The van der Waals surface area contributed by atoms with Gasteiger partial charge in [0.2, 0.25) is 0 Å². The summed E-state index contributed by atoms with van der Waals surface area (Å²) in [6.07, 6.45) is 14.9. The molecule has 3 nitrogen and oxygen atoms in total. The van der Waals surface area contributed by atoms with Crippen molar-refractivity contribution >= 4 is 6.16 Å². The number of rotatable bonds is 10. The van der Waals surface area contributed by atoms with Crippen LogP contribution >= 0.6 is 0 Å². The van der Waals surface area contributed by atoms with Gasteiger partial charge in [0.25, 0.3) is 0 Å². The van der Waals surface area contributed by atoms with Crippen molar-refractivity contribution in [2.45, 2.75) is 128 Å². The Morgan fingerprint density at radius 2 is 0.972 bits per heavy atom. The van der Waals surface area contributed by atoms with Gasteiger partial charge in [-0.05, 0) is 111 Å². The smallest absolute Gasteiger partial charge is 0.431 e. The molecule has 0 aliphatic heterocycles. The molecule has 2 aliphatic carbocycles. The van der Waals surface area contributed by atoms with Crippen LogP contribution in [0, 0.1) is 0 Å². The summed E-state index contributed by atoms with van der Waals surface area (Å²) in [5.41, 5.74) is 5.75. The first-order valence-electron chi connectivity index (χ1n) is 14.7. The normalized spacial score (nSPS) is 24.3. The number of ether oxygens (including phenoxy) is 2. The lowest BCUT2D eigenvalue weighted by molar-refractivity contribution is -0.0214. The molecule has 2 fully saturated rings. The Labute approximate surface area is 219 Å². The second-order valence-electron chi connectivity index (χ2n) is 11.1. The standard InChI is InChI=1S/C33H46O3/c1-3-5-7-25-9-13-27(14-10-25)29-17-21-31(22-18-29)35-33(34)36-32-23-19-30(20-24-32)28-15-11-26(12-16-28)8-6-4-2/h9-16,29-32H,3-8,17-24H2,1-2H3. The predicted molar refractivity (Wildman–Crippen MR) is 148 cm³/mol. The van der Waals surface area contributed by atoms with Gasteiger partial charge in [-0.2, -0.15) is 0 Å². The van der Waals surface area contributed by atoms with E-state index in [0.717, 1.165) is 51.4 Å². The molecule has 36 heavy (non-hydrogen) atoms. The van der Waals surface area contributed by atoms with E-state index in [1.807, 2.05) is 0 Å². The second-order valence-corrected chi connectivity index (χ2v) is 11.1. The van der Waals surface area contributed by atoms with E-state index in [-0.39, 0.29) is 12.2 Å². The number of unbranched alkanes of at least 4 members (excludes halogenated alkanes) is 2. The topological polar surface area (TPSA) is 35.5 Å². The van der Waals surface area contributed by atoms with E-state index in [9.17, 15) is 4.79 Å². The van der Waals surface area contributed by atoms with Crippen molar-refractivity contribution in [1.82, 2.24) is 0 Å². The van der Waals surface area contributed by atoms with Crippen LogP contribution in [0.25, 0.3) is 0 Å². The first kappa shape index (κ1) is 26.8. The van der Waals surface area contributed by atoms with Crippen LogP contribution in [0.2, 0.25) is 0 Å². The number of benzene rings is 2. The van der Waals surface area contributed by atoms with Crippen molar-refractivity contribution in [3.05, 3.63) is 70.8 Å². The molecule has 0 saturated heterocycles. The number of carbonyl (C=O) groups is 1. The van der Waals surface area contributed by atoms with Gasteiger partial charge < -0.3 is 9.47 Å². The molecule has 2 aromatic carbocycles. The van der Waals surface area contributed by atoms with Gasteiger partial charge in [0.15, 0.2) is 0 Å². The third-order valence-corrected chi connectivity index (χ3v) is 8.41. The minimum Gasteiger partial charge on any atom is -0.431 e. The molecule has 0 atom stereocenters. The van der Waals surface area contributed by atoms with Crippen molar-refractivity contribution in [2.75, 3.05) is 0 Å². The van der Waals surface area contributed by atoms with Gasteiger partial charge in [-0.15, -0.1) is 0 Å². The molecule has 2 aliphatic rings. The maximum Gasteiger partial charge on any atom is 0.508 e. The summed E-state index contributed by atoms with van der Waals surface area (Å²) in [4.78, 5) is 12.5. The first-order chi connectivity index (χ1) is 17.6. The number of carbonyl (C=O) groups excluding carboxylic acids is 1. The van der Waals surface area contributed by atoms with Crippen LogP contribution in [-0.2, 0) is 22.3 Å². The zero-order chi connectivity index (χ0) is 25.2. The highest BCUT2D eigenvalue weighted by Crippen LogP contribution is 2.36. The lowest BCUT2D eigenvalue weighted by Crippen LogP contribution is -2.28. The Morgan fingerprint density at radius 1 is 0.611 bits per heavy atom. The quantitative estimate of drug-likeness (QED) is 0.311. The SMILES string of the molecule is CCCCc1ccc(C2CCC(OC(=O)OC3CCC(c4ccc(CCCC)cc4)CC3)CC2)cc1. The van der Waals surface area contributed by atoms with E-state index >= 15 is 0 Å². The van der Waals surface area contributed by atoms with Crippen molar-refractivity contribution in [3.63, 3.8) is 0 Å². The van der Waals surface area contributed by atoms with Crippen molar-refractivity contribution < 1.29 is 14.3 Å². The number of hydrogen-bond donors (Lipinski definition) is 0. The third kappa shape index (κ3) is 7.85. The maximum atomic E-state index is 12.5. The molecule has 0 bridgehead atoms. The lowest BCUT2D eigenvalue weighted by Gasteiger charge is -2.31. The average Bonchev–Trinajstić information content (AvgIpc) is 2.92. The van der Waals surface area contributed by atoms with Crippen molar-refractivity contribution in [2.24, 2.45) is 0 Å². The molecule has 0 N–H and O–H groups in total. The molecule has 0 radical (unpaired) electrons. The highest BCUT2D eigenvalue weighted by atomic mass is 16.7. The molecule has 0 aromatic heterocycles. The first-order valence-corrected chi connectivity index (χ1v) is 14.7. The van der Waals surface area contributed by atoms with E-state index < -0.39 is 6.16 Å². The predicted octanol–water partition coefficient (Wildman–Crippen LogP) is 9.28. The Kier molecular flexibility index (Phi) is 10.3. The fraction of sp³-hybridized carbons (Fsp3) is 0.606. The van der Waals surface area contributed by atoms with E-state index in [2.05, 4.69) is 62.4 Å². The summed E-state index contributed by atoms with van der Waals surface area (Å²) in [5, 5.41) is 0. The molecule has 3 heteroatoms. The van der Waals surface area contributed by atoms with Crippen LogP contribution in [-0.4, -0.2) is 18.4 Å². The van der Waals surface area contributed by atoms with Gasteiger partial charge in [-0.1, -0.05) is 75.2 Å². The van der Waals surface area contributed by atoms with Crippen LogP contribution in [0.5, 0.6) is 0 Å². The monoisotopic (exact) mass is 490 g/mol. The Bertz CT molecular complexity index is 825. The highest BCUT2D eigenvalue weighted by molar-refractivity contribution is 5.60. The molecule has 2 aromatic rings. The fourth-order valence-electron chi connectivity index (χ4n) is 6.00. The zero-order valence-corrected chi connectivity index (χ0v) is 22.6. The van der Waals surface area contributed by atoms with Crippen molar-refractivity contribution in [3.8, 4) is 0 Å². The van der Waals surface area contributed by atoms with Gasteiger partial charge in [-0.25, -0.2) is 4.79 Å². The molecule has 196 valence electrons. The molecule has 4 rings (SSSR count). The summed E-state index contributed by atoms with van der Waals surface area (Å²) in [5.74, 6) is 1.16. The summed E-state index contributed by atoms with van der Waals surface area (Å²) in [6, 6.07) is 18.4. The van der Waals surface area contributed by atoms with Crippen LogP contribution < -0.4 is 0 Å². The van der Waals surface area contributed by atoms with Crippen LogP contribution in [0.4, 0.5) is 4.79 Å². The van der Waals surface area contributed by atoms with Gasteiger partial charge >= 0.3 is 6.16 Å². The Morgan fingerprint density at radius 3 is 1.31 bits per heavy atom. The summed E-state index contributed by atoms with van der Waals surface area (Å²) < 4.78 is 11.5. The number of hydrogen-bond acceptors (Lipinski definition) is 3. The zero-order valence-electron chi connectivity index (χ0n) is 22.6. The third-order valence-electron chi connectivity index (χ3n) is 8.41. The minimum atomic E-state index is -0.456. The van der Waals surface area contributed by atoms with E-state index in [1.165, 1.54) is 60.8 Å². The van der Waals surface area contributed by atoms with E-state index in [4.69, 9.17) is 9.47 Å². The summed E-state index contributed by atoms with van der Waals surface area (Å²) in [7, 11) is 0. The van der Waals surface area contributed by atoms with Gasteiger partial charge in [0, 0.05) is 0 Å². The molecular weight excluding hydrogens is 444 g/mol. The van der Waals surface area contributed by atoms with Gasteiger partial charge in [0.05, 0.1) is 0 Å². The van der Waals surface area contributed by atoms with Gasteiger partial charge in [0.1, 0.15) is 12.2 Å². The van der Waals surface area contributed by atoms with Crippen LogP contribution in [0.15, 0.2) is 48.5 Å². The lowest BCUT2D eigenvalue weighted by atomic mass is 9.82. The minimum absolute atomic E-state index is 0.000129.